The molecule has 0 aliphatic heterocycles. The van der Waals surface area contributed by atoms with Crippen LogP contribution in [0, 0.1) is 0 Å². The summed E-state index contributed by atoms with van der Waals surface area (Å²) in [4.78, 5) is 11.5. The highest BCUT2D eigenvalue weighted by atomic mass is 19.4. The van der Waals surface area contributed by atoms with Gasteiger partial charge in [-0.1, -0.05) is 19.3 Å². The van der Waals surface area contributed by atoms with Gasteiger partial charge in [-0.05, 0) is 18.9 Å². The van der Waals surface area contributed by atoms with Crippen molar-refractivity contribution >= 4 is 5.78 Å². The summed E-state index contributed by atoms with van der Waals surface area (Å²) in [7, 11) is 0. The van der Waals surface area contributed by atoms with Gasteiger partial charge in [-0.25, -0.2) is 0 Å². The van der Waals surface area contributed by atoms with Gasteiger partial charge >= 0.3 is 6.18 Å². The summed E-state index contributed by atoms with van der Waals surface area (Å²) in [5.41, 5.74) is 0.572. The molecule has 0 amide bonds. The number of halogens is 3. The molecule has 20 heavy (non-hydrogen) atoms. The van der Waals surface area contributed by atoms with Crippen molar-refractivity contribution < 1.29 is 18.0 Å². The predicted octanol–water partition coefficient (Wildman–Crippen LogP) is 3.84. The third kappa shape index (κ3) is 4.65. The number of nitrogens with zero attached hydrogens (tertiary/aromatic N) is 2. The molecule has 0 saturated heterocycles. The first-order valence-electron chi connectivity index (χ1n) is 7.06. The van der Waals surface area contributed by atoms with Crippen LogP contribution in [0.25, 0.3) is 0 Å². The quantitative estimate of drug-likeness (QED) is 0.825. The van der Waals surface area contributed by atoms with E-state index in [0.29, 0.717) is 11.7 Å². The maximum absolute atomic E-state index is 12.0. The first-order valence-corrected chi connectivity index (χ1v) is 7.06. The van der Waals surface area contributed by atoms with E-state index in [9.17, 15) is 18.0 Å². The Kier molecular flexibility index (Phi) is 4.83. The van der Waals surface area contributed by atoms with Crippen molar-refractivity contribution in [1.29, 1.82) is 0 Å². The number of ketones is 1. The van der Waals surface area contributed by atoms with E-state index in [0.717, 1.165) is 12.8 Å². The molecular weight excluding hydrogens is 269 g/mol. The number of hydrogen-bond donors (Lipinski definition) is 0. The Morgan fingerprint density at radius 2 is 2.00 bits per heavy atom. The Morgan fingerprint density at radius 1 is 1.30 bits per heavy atom. The maximum Gasteiger partial charge on any atom is 0.389 e. The molecular formula is C14H19F3N2O. The molecule has 1 aliphatic rings. The van der Waals surface area contributed by atoms with Crippen molar-refractivity contribution in [1.82, 2.24) is 9.78 Å². The van der Waals surface area contributed by atoms with Gasteiger partial charge in [-0.3, -0.25) is 9.48 Å². The van der Waals surface area contributed by atoms with Crippen molar-refractivity contribution in [3.8, 4) is 0 Å². The van der Waals surface area contributed by atoms with E-state index in [4.69, 9.17) is 0 Å². The van der Waals surface area contributed by atoms with Crippen LogP contribution in [0.4, 0.5) is 13.2 Å². The van der Waals surface area contributed by atoms with Gasteiger partial charge in [0.2, 0.25) is 0 Å². The summed E-state index contributed by atoms with van der Waals surface area (Å²) >= 11 is 0. The number of hydrogen-bond acceptors (Lipinski definition) is 2. The van der Waals surface area contributed by atoms with Crippen LogP contribution >= 0.6 is 0 Å². The molecule has 0 atom stereocenters. The van der Waals surface area contributed by atoms with Crippen LogP contribution in [0.15, 0.2) is 12.3 Å². The maximum atomic E-state index is 12.0. The summed E-state index contributed by atoms with van der Waals surface area (Å²) in [5, 5.41) is 4.33. The number of aromatic nitrogens is 2. The zero-order chi connectivity index (χ0) is 14.6. The fourth-order valence-electron chi connectivity index (χ4n) is 2.59. The predicted molar refractivity (Wildman–Crippen MR) is 68.3 cm³/mol. The second-order valence-corrected chi connectivity index (χ2v) is 5.41. The Labute approximate surface area is 116 Å². The molecule has 3 nitrogen and oxygen atoms in total. The largest absolute Gasteiger partial charge is 0.389 e. The molecule has 1 aromatic rings. The van der Waals surface area contributed by atoms with Gasteiger partial charge in [-0.2, -0.15) is 18.3 Å². The summed E-state index contributed by atoms with van der Waals surface area (Å²) in [5.74, 6) is -0.406. The molecule has 112 valence electrons. The van der Waals surface area contributed by atoms with Gasteiger partial charge in [0.15, 0.2) is 0 Å². The summed E-state index contributed by atoms with van der Waals surface area (Å²) in [6.45, 7) is 0. The SMILES string of the molecule is O=C(CCC(F)(F)F)Cc1ccn(C2CCCCC2)n1. The van der Waals surface area contributed by atoms with Crippen molar-refractivity contribution in [2.75, 3.05) is 0 Å². The number of alkyl halides is 3. The molecule has 1 fully saturated rings. The molecule has 2 rings (SSSR count). The van der Waals surface area contributed by atoms with Crippen molar-refractivity contribution in [3.63, 3.8) is 0 Å². The Balaban J connectivity index is 1.84. The molecule has 1 aromatic heterocycles. The van der Waals surface area contributed by atoms with Crippen LogP contribution in [0.5, 0.6) is 0 Å². The van der Waals surface area contributed by atoms with E-state index in [-0.39, 0.29) is 6.42 Å². The summed E-state index contributed by atoms with van der Waals surface area (Å²) in [6.07, 6.45) is 1.85. The van der Waals surface area contributed by atoms with E-state index >= 15 is 0 Å². The minimum absolute atomic E-state index is 0.00417. The standard InChI is InChI=1S/C14H19F3N2O/c15-14(16,17)8-6-13(20)10-11-7-9-19(18-11)12-4-2-1-3-5-12/h7,9,12H,1-6,8,10H2. The number of rotatable bonds is 5. The average Bonchev–Trinajstić information content (AvgIpc) is 2.85. The number of carbonyl (C=O) groups excluding carboxylic acids is 1. The third-order valence-electron chi connectivity index (χ3n) is 3.68. The minimum atomic E-state index is -4.27. The van der Waals surface area contributed by atoms with E-state index in [1.807, 2.05) is 10.9 Å². The van der Waals surface area contributed by atoms with Gasteiger partial charge in [0.25, 0.3) is 0 Å². The van der Waals surface area contributed by atoms with Crippen molar-refractivity contribution in [2.24, 2.45) is 0 Å². The van der Waals surface area contributed by atoms with Crippen LogP contribution in [-0.4, -0.2) is 21.7 Å². The molecule has 1 saturated carbocycles. The molecule has 1 aliphatic carbocycles. The average molecular weight is 288 g/mol. The fourth-order valence-corrected chi connectivity index (χ4v) is 2.59. The lowest BCUT2D eigenvalue weighted by atomic mass is 9.96. The van der Waals surface area contributed by atoms with E-state index < -0.39 is 24.8 Å². The van der Waals surface area contributed by atoms with Crippen LogP contribution in [0.1, 0.15) is 56.7 Å². The zero-order valence-corrected chi connectivity index (χ0v) is 11.3. The number of carbonyl (C=O) groups is 1. The molecule has 0 aromatic carbocycles. The van der Waals surface area contributed by atoms with Crippen LogP contribution in [0.3, 0.4) is 0 Å². The van der Waals surface area contributed by atoms with Gasteiger partial charge < -0.3 is 0 Å². The first-order chi connectivity index (χ1) is 9.44. The van der Waals surface area contributed by atoms with Crippen molar-refractivity contribution in [2.45, 2.75) is 63.6 Å². The molecule has 0 bridgehead atoms. The Bertz CT molecular complexity index is 448. The summed E-state index contributed by atoms with van der Waals surface area (Å²) < 4.78 is 38.0. The highest BCUT2D eigenvalue weighted by Gasteiger charge is 2.28. The normalized spacial score (nSPS) is 17.4. The van der Waals surface area contributed by atoms with E-state index in [1.165, 1.54) is 19.3 Å². The molecule has 0 unspecified atom stereocenters. The van der Waals surface area contributed by atoms with Gasteiger partial charge in [0, 0.05) is 12.6 Å². The number of Topliss-reactive ketones (excluding diaryl/α,β-unsaturated/α-hetero) is 1. The topological polar surface area (TPSA) is 34.9 Å². The van der Waals surface area contributed by atoms with Gasteiger partial charge in [0.05, 0.1) is 24.6 Å². The lowest BCUT2D eigenvalue weighted by molar-refractivity contribution is -0.143. The Hall–Kier alpha value is -1.33. The van der Waals surface area contributed by atoms with Crippen LogP contribution in [-0.2, 0) is 11.2 Å². The van der Waals surface area contributed by atoms with Gasteiger partial charge in [-0.15, -0.1) is 0 Å². The Morgan fingerprint density at radius 3 is 2.65 bits per heavy atom. The highest BCUT2D eigenvalue weighted by molar-refractivity contribution is 5.80. The fraction of sp³-hybridized carbons (Fsp3) is 0.714. The highest BCUT2D eigenvalue weighted by Crippen LogP contribution is 2.27. The second-order valence-electron chi connectivity index (χ2n) is 5.41. The third-order valence-corrected chi connectivity index (χ3v) is 3.68. The van der Waals surface area contributed by atoms with Crippen molar-refractivity contribution in [3.05, 3.63) is 18.0 Å². The molecule has 0 N–H and O–H groups in total. The molecule has 1 heterocycles. The van der Waals surface area contributed by atoms with E-state index in [2.05, 4.69) is 5.10 Å². The van der Waals surface area contributed by atoms with E-state index in [1.54, 1.807) is 6.07 Å². The molecule has 0 radical (unpaired) electrons. The second kappa shape index (κ2) is 6.41. The van der Waals surface area contributed by atoms with Crippen LogP contribution in [0.2, 0.25) is 0 Å². The molecule has 0 spiro atoms. The lowest BCUT2D eigenvalue weighted by Crippen LogP contribution is -2.15. The first kappa shape index (κ1) is 15.1. The van der Waals surface area contributed by atoms with Crippen LogP contribution < -0.4 is 0 Å². The molecule has 6 heteroatoms. The monoisotopic (exact) mass is 288 g/mol. The minimum Gasteiger partial charge on any atom is -0.299 e. The summed E-state index contributed by atoms with van der Waals surface area (Å²) in [6, 6.07) is 2.11. The van der Waals surface area contributed by atoms with Gasteiger partial charge in [0.1, 0.15) is 5.78 Å². The smallest absolute Gasteiger partial charge is 0.299 e. The lowest BCUT2D eigenvalue weighted by Gasteiger charge is -2.21. The zero-order valence-electron chi connectivity index (χ0n) is 11.3.